The lowest BCUT2D eigenvalue weighted by molar-refractivity contribution is -0.144. The molecule has 0 saturated heterocycles. The fourth-order valence-electron chi connectivity index (χ4n) is 14.5. The van der Waals surface area contributed by atoms with Gasteiger partial charge in [-0.15, -0.1) is 12.6 Å². The van der Waals surface area contributed by atoms with Gasteiger partial charge in [0.25, 0.3) is 0 Å². The number of thiol groups is 1. The predicted octanol–water partition coefficient (Wildman–Crippen LogP) is 12.8. The Hall–Kier alpha value is -8.67. The summed E-state index contributed by atoms with van der Waals surface area (Å²) in [6.07, 6.45) is 18.6. The van der Waals surface area contributed by atoms with Crippen LogP contribution in [-0.4, -0.2) is 311 Å². The number of carbonyl (C=O) groups is 18. The van der Waals surface area contributed by atoms with Crippen LogP contribution in [0.2, 0.25) is 0 Å². The molecule has 39 nitrogen and oxygen atoms in total. The number of Topliss-reactive ketones (excluding diaryl/α,β-unsaturated/α-hetero) is 6. The summed E-state index contributed by atoms with van der Waals surface area (Å²) in [4.78, 5) is 224. The summed E-state index contributed by atoms with van der Waals surface area (Å²) in [5.41, 5.74) is 0.413. The third kappa shape index (κ3) is 74.3. The first kappa shape index (κ1) is 135. The minimum atomic E-state index is -1.22. The number of hydrogen-bond donors (Lipinski definition) is 12. The summed E-state index contributed by atoms with van der Waals surface area (Å²) >= 11 is 3.88. The Morgan fingerprint density at radius 2 is 0.709 bits per heavy atom. The van der Waals surface area contributed by atoms with Crippen LogP contribution in [0.4, 0.5) is 0 Å². The third-order valence-electron chi connectivity index (χ3n) is 23.6. The molecule has 0 heterocycles. The second-order valence-electron chi connectivity index (χ2n) is 36.3. The van der Waals surface area contributed by atoms with Crippen molar-refractivity contribution in [1.82, 2.24) is 31.9 Å². The standard InChI is InChI=1S/C104H164N6O33S5/c1-5-78(28-20-22-46-105-96(120)69-141-63-59-137-55-49-108-97(121)70-140-62-56-134-50-26-31-84(112)39-44-89(103(131)132)109-94(118)33-19-15-11-7-9-13-17-25-53-143-88-42-36-80(37-43-88)100(125)126)98(122)110-90(74-148-147-73-83(77(4)111)66-91(115)75(2)71-145-146-72-76(3)104(133)144)92(116)65-81(101(127)128)29-21-23-47-106-95(119)68-139-61-57-135-51-27-32-86(114)67-138-60-58-136-54-48-107-93(117)45-38-82(102(129)130)64-85(113)30-18-14-10-6-8-12-16-24-52-142-87-40-34-79(35-41-87)99(123)124/h34-37,40-43,75-76,78,81-83,89-90H,5-33,38-39,44-74H2,1-4H3,(H,105,120)(H,106,119)(H,107,117)(H,108,121)(H,109,118)(H,110,122)(H,123,124)(H,125,126)(H,127,128)(H,129,130)(H,131,132)(H,133,144)/t75-,76-,78-,81+,82+,83-,89-,90-/m0/s1. The fourth-order valence-corrected chi connectivity index (χ4v) is 20.0. The maximum atomic E-state index is 14.2. The molecule has 0 aromatic heterocycles. The number of carboxylic acid groups (broad SMARTS) is 5. The zero-order valence-corrected chi connectivity index (χ0v) is 91.0. The van der Waals surface area contributed by atoms with Crippen LogP contribution in [0.15, 0.2) is 48.5 Å². The monoisotopic (exact) mass is 2180 g/mol. The second kappa shape index (κ2) is 88.9. The van der Waals surface area contributed by atoms with E-state index in [2.05, 4.69) is 44.5 Å². The lowest BCUT2D eigenvalue weighted by atomic mass is 9.93. The molecule has 148 heavy (non-hydrogen) atoms. The van der Waals surface area contributed by atoms with E-state index in [0.717, 1.165) is 89.9 Å². The van der Waals surface area contributed by atoms with Gasteiger partial charge in [-0.25, -0.2) is 14.4 Å². The Labute approximate surface area is 892 Å². The van der Waals surface area contributed by atoms with E-state index in [4.69, 9.17) is 57.6 Å². The molecule has 8 atom stereocenters. The van der Waals surface area contributed by atoms with Gasteiger partial charge in [-0.05, 0) is 139 Å². The molecule has 0 radical (unpaired) electrons. The van der Waals surface area contributed by atoms with Gasteiger partial charge in [0.05, 0.1) is 108 Å². The van der Waals surface area contributed by atoms with E-state index in [1.54, 1.807) is 38.1 Å². The van der Waals surface area contributed by atoms with Gasteiger partial charge in [0.15, 0.2) is 16.7 Å². The summed E-state index contributed by atoms with van der Waals surface area (Å²) in [5, 5.41) is 63.8. The fraction of sp³-hybridized carbons (Fsp3) is 0.712. The highest BCUT2D eigenvalue weighted by Crippen LogP contribution is 2.32. The first-order chi connectivity index (χ1) is 71.2. The molecule has 0 aliphatic heterocycles. The van der Waals surface area contributed by atoms with Gasteiger partial charge < -0.3 is 105 Å². The van der Waals surface area contributed by atoms with Crippen molar-refractivity contribution in [3.8, 4) is 11.5 Å². The van der Waals surface area contributed by atoms with Crippen molar-refractivity contribution in [2.75, 3.05) is 168 Å². The molecule has 2 aromatic rings. The topological polar surface area (TPSA) is 573 Å². The van der Waals surface area contributed by atoms with E-state index in [0.29, 0.717) is 107 Å². The Kier molecular flexibility index (Phi) is 81.3. The van der Waals surface area contributed by atoms with Crippen molar-refractivity contribution in [3.63, 3.8) is 0 Å². The highest BCUT2D eigenvalue weighted by Gasteiger charge is 2.32. The summed E-state index contributed by atoms with van der Waals surface area (Å²) in [6.45, 7) is 9.73. The first-order valence-corrected chi connectivity index (χ1v) is 57.3. The van der Waals surface area contributed by atoms with Gasteiger partial charge in [-0.3, -0.25) is 71.9 Å². The molecule has 838 valence electrons. The van der Waals surface area contributed by atoms with Crippen LogP contribution in [0, 0.1) is 35.5 Å². The van der Waals surface area contributed by atoms with Crippen molar-refractivity contribution in [2.45, 2.75) is 271 Å². The van der Waals surface area contributed by atoms with E-state index >= 15 is 0 Å². The van der Waals surface area contributed by atoms with Crippen molar-refractivity contribution < 1.29 is 159 Å². The van der Waals surface area contributed by atoms with Gasteiger partial charge in [0.2, 0.25) is 35.4 Å². The molecule has 0 fully saturated rings. The van der Waals surface area contributed by atoms with E-state index in [-0.39, 0.29) is 288 Å². The molecule has 11 N–H and O–H groups in total. The number of nitrogens with one attached hydrogen (secondary N) is 6. The summed E-state index contributed by atoms with van der Waals surface area (Å²) in [6, 6.07) is 10.3. The quantitative estimate of drug-likeness (QED) is 0.0166. The normalized spacial score (nSPS) is 12.9. The maximum Gasteiger partial charge on any atom is 0.335 e. The van der Waals surface area contributed by atoms with E-state index in [9.17, 15) is 102 Å². The Bertz CT molecular complexity index is 4160. The zero-order chi connectivity index (χ0) is 109. The number of amides is 6. The molecule has 0 spiro atoms. The van der Waals surface area contributed by atoms with Gasteiger partial charge in [-0.2, -0.15) is 0 Å². The molecule has 6 amide bonds. The minimum absolute atomic E-state index is 0.00175. The molecular formula is C104H164N6O33S5. The number of hydrogen-bond acceptors (Lipinski definition) is 32. The van der Waals surface area contributed by atoms with Crippen LogP contribution >= 0.6 is 55.8 Å². The molecule has 2 aromatic carbocycles. The third-order valence-corrected chi connectivity index (χ3v) is 29.3. The molecule has 0 bridgehead atoms. The van der Waals surface area contributed by atoms with Gasteiger partial charge in [0, 0.05) is 144 Å². The maximum absolute atomic E-state index is 14.2. The molecule has 2 rings (SSSR count). The largest absolute Gasteiger partial charge is 0.494 e. The predicted molar refractivity (Wildman–Crippen MR) is 567 cm³/mol. The number of aliphatic carboxylic acids is 3. The van der Waals surface area contributed by atoms with Crippen LogP contribution in [0.25, 0.3) is 0 Å². The number of ketones is 6. The van der Waals surface area contributed by atoms with Gasteiger partial charge in [0.1, 0.15) is 67.1 Å². The zero-order valence-electron chi connectivity index (χ0n) is 86.8. The minimum Gasteiger partial charge on any atom is -0.494 e. The van der Waals surface area contributed by atoms with Crippen molar-refractivity contribution in [1.29, 1.82) is 0 Å². The Balaban J connectivity index is 1.63. The SMILES string of the molecule is CC[C@@H](CCCCNC(=O)COCCOCCNC(=O)COCCOCCCC(=O)CC[C@H](NC(=O)CCCCCCCCCCOc1ccc(C(=O)O)cc1)C(=O)O)C(=O)N[C@@H](CSSC[C@H](CC(=O)[C@@H](C)CSSC[C@H](C)C(=O)S)C(C)=O)C(=O)C[C@@H](CCCCNC(=O)COCCOCCCC(=O)COCCOCCNC(=O)CC[C@H](CC(=O)CCCCCCCCCCOc1ccc(C(=O)O)cc1)C(=O)O)C(=O)O. The van der Waals surface area contributed by atoms with Crippen LogP contribution in [-0.2, 0) is 115 Å². The summed E-state index contributed by atoms with van der Waals surface area (Å²) < 4.78 is 55.0. The summed E-state index contributed by atoms with van der Waals surface area (Å²) in [7, 11) is 5.41. The van der Waals surface area contributed by atoms with Crippen LogP contribution in [0.5, 0.6) is 11.5 Å². The number of ether oxygens (including phenoxy) is 10. The molecule has 0 aliphatic rings. The number of aromatic carboxylic acids is 2. The van der Waals surface area contributed by atoms with E-state index < -0.39 is 89.6 Å². The van der Waals surface area contributed by atoms with Crippen molar-refractivity contribution in [3.05, 3.63) is 59.7 Å². The Morgan fingerprint density at radius 1 is 0.311 bits per heavy atom. The molecule has 0 aliphatic carbocycles. The molecule has 0 saturated carbocycles. The van der Waals surface area contributed by atoms with E-state index in [1.807, 2.05) is 6.92 Å². The number of carboxylic acids is 5. The number of carbonyl (C=O) groups excluding carboxylic acids is 13. The first-order valence-electron chi connectivity index (χ1n) is 51.9. The summed E-state index contributed by atoms with van der Waals surface area (Å²) in [5.74, 6) is -10.4. The number of rotatable bonds is 103. The molecule has 0 unspecified atom stereocenters. The highest BCUT2D eigenvalue weighted by molar-refractivity contribution is 8.77. The highest BCUT2D eigenvalue weighted by atomic mass is 33.1. The molecule has 44 heteroatoms. The van der Waals surface area contributed by atoms with E-state index in [1.165, 1.54) is 74.4 Å². The Morgan fingerprint density at radius 3 is 1.18 bits per heavy atom. The average Bonchev–Trinajstić information content (AvgIpc) is 0.870. The van der Waals surface area contributed by atoms with Crippen molar-refractivity contribution >= 4 is 161 Å². The number of unbranched alkanes of at least 4 members (excludes halogenated alkanes) is 16. The lowest BCUT2D eigenvalue weighted by Gasteiger charge is -2.23. The van der Waals surface area contributed by atoms with Crippen LogP contribution in [0.3, 0.4) is 0 Å². The lowest BCUT2D eigenvalue weighted by Crippen LogP contribution is -2.46. The van der Waals surface area contributed by atoms with Gasteiger partial charge in [-0.1, -0.05) is 154 Å². The smallest absolute Gasteiger partial charge is 0.335 e. The number of benzene rings is 2. The van der Waals surface area contributed by atoms with Crippen LogP contribution in [0.1, 0.15) is 280 Å². The van der Waals surface area contributed by atoms with Gasteiger partial charge >= 0.3 is 29.8 Å². The molecular weight excluding hydrogens is 2020 g/mol. The van der Waals surface area contributed by atoms with Crippen molar-refractivity contribution in [2.24, 2.45) is 35.5 Å². The van der Waals surface area contributed by atoms with Crippen LogP contribution < -0.4 is 41.4 Å². The second-order valence-corrected chi connectivity index (χ2v) is 41.8. The average molecular weight is 2190 g/mol.